The van der Waals surface area contributed by atoms with Gasteiger partial charge in [0.15, 0.2) is 0 Å². The Morgan fingerprint density at radius 1 is 1.19 bits per heavy atom. The molecule has 1 saturated carbocycles. The van der Waals surface area contributed by atoms with Crippen LogP contribution in [0.5, 0.6) is 0 Å². The highest BCUT2D eigenvalue weighted by Crippen LogP contribution is 2.40. The molecule has 3 aliphatic rings. The third-order valence-electron chi connectivity index (χ3n) is 5.78. The SMILES string of the molecule is CC1(C2CC2)CN(Cc2ccc3c(c2)CCC3)CCCN1. The first-order valence-electron chi connectivity index (χ1n) is 8.81. The molecule has 0 aromatic heterocycles. The van der Waals surface area contributed by atoms with Gasteiger partial charge < -0.3 is 5.32 Å². The van der Waals surface area contributed by atoms with Crippen molar-refractivity contribution in [2.24, 2.45) is 5.92 Å². The lowest BCUT2D eigenvalue weighted by Gasteiger charge is -2.34. The summed E-state index contributed by atoms with van der Waals surface area (Å²) in [6, 6.07) is 7.24. The Morgan fingerprint density at radius 2 is 2.05 bits per heavy atom. The molecule has 0 spiro atoms. The fourth-order valence-electron chi connectivity index (χ4n) is 4.39. The number of aryl methyl sites for hydroxylation is 2. The average molecular weight is 284 g/mol. The molecule has 1 aromatic carbocycles. The zero-order valence-corrected chi connectivity index (χ0v) is 13.3. The van der Waals surface area contributed by atoms with Crippen molar-refractivity contribution in [2.75, 3.05) is 19.6 Å². The monoisotopic (exact) mass is 284 g/mol. The second-order valence-corrected chi connectivity index (χ2v) is 7.64. The number of hydrogen-bond donors (Lipinski definition) is 1. The predicted molar refractivity (Wildman–Crippen MR) is 87.5 cm³/mol. The topological polar surface area (TPSA) is 15.3 Å². The molecule has 1 atom stereocenters. The summed E-state index contributed by atoms with van der Waals surface area (Å²) in [5, 5.41) is 3.84. The van der Waals surface area contributed by atoms with Crippen molar-refractivity contribution in [2.45, 2.75) is 57.5 Å². The molecule has 0 radical (unpaired) electrons. The Morgan fingerprint density at radius 3 is 2.90 bits per heavy atom. The van der Waals surface area contributed by atoms with Crippen molar-refractivity contribution in [3.8, 4) is 0 Å². The molecule has 2 fully saturated rings. The van der Waals surface area contributed by atoms with Crippen LogP contribution in [0, 0.1) is 5.92 Å². The van der Waals surface area contributed by atoms with E-state index in [-0.39, 0.29) is 0 Å². The van der Waals surface area contributed by atoms with Crippen LogP contribution in [0.2, 0.25) is 0 Å². The van der Waals surface area contributed by atoms with E-state index in [1.807, 2.05) is 0 Å². The quantitative estimate of drug-likeness (QED) is 0.917. The second-order valence-electron chi connectivity index (χ2n) is 7.64. The van der Waals surface area contributed by atoms with Gasteiger partial charge in [0.1, 0.15) is 0 Å². The minimum Gasteiger partial charge on any atom is -0.310 e. The molecule has 2 aliphatic carbocycles. The van der Waals surface area contributed by atoms with Gasteiger partial charge in [-0.25, -0.2) is 0 Å². The molecule has 1 heterocycles. The Balaban J connectivity index is 1.47. The molecule has 1 aromatic rings. The molecule has 0 bridgehead atoms. The zero-order valence-electron chi connectivity index (χ0n) is 13.3. The number of rotatable bonds is 3. The van der Waals surface area contributed by atoms with Gasteiger partial charge in [0.25, 0.3) is 0 Å². The lowest BCUT2D eigenvalue weighted by Crippen LogP contribution is -2.50. The maximum atomic E-state index is 3.84. The van der Waals surface area contributed by atoms with E-state index in [0.29, 0.717) is 5.54 Å². The smallest absolute Gasteiger partial charge is 0.0308 e. The fraction of sp³-hybridized carbons (Fsp3) is 0.684. The Labute approximate surface area is 128 Å². The van der Waals surface area contributed by atoms with E-state index in [1.54, 1.807) is 11.1 Å². The number of benzene rings is 1. The summed E-state index contributed by atoms with van der Waals surface area (Å²) in [5.41, 5.74) is 5.09. The molecular formula is C19H28N2. The summed E-state index contributed by atoms with van der Waals surface area (Å²) in [6.45, 7) is 7.23. The van der Waals surface area contributed by atoms with Gasteiger partial charge in [0.05, 0.1) is 0 Å². The van der Waals surface area contributed by atoms with Gasteiger partial charge >= 0.3 is 0 Å². The molecule has 1 aliphatic heterocycles. The largest absolute Gasteiger partial charge is 0.310 e. The van der Waals surface area contributed by atoms with E-state index < -0.39 is 0 Å². The average Bonchev–Trinajstić information content (AvgIpc) is 3.25. The number of fused-ring (bicyclic) bond motifs is 1. The van der Waals surface area contributed by atoms with Gasteiger partial charge in [-0.15, -0.1) is 0 Å². The Kier molecular flexibility index (Phi) is 3.55. The summed E-state index contributed by atoms with van der Waals surface area (Å²) < 4.78 is 0. The molecule has 114 valence electrons. The molecule has 4 rings (SSSR count). The van der Waals surface area contributed by atoms with Crippen molar-refractivity contribution in [3.63, 3.8) is 0 Å². The van der Waals surface area contributed by atoms with E-state index in [9.17, 15) is 0 Å². The molecule has 2 heteroatoms. The first-order chi connectivity index (χ1) is 10.2. The highest BCUT2D eigenvalue weighted by atomic mass is 15.2. The molecule has 1 unspecified atom stereocenters. The maximum Gasteiger partial charge on any atom is 0.0308 e. The lowest BCUT2D eigenvalue weighted by atomic mass is 9.95. The fourth-order valence-corrected chi connectivity index (χ4v) is 4.39. The summed E-state index contributed by atoms with van der Waals surface area (Å²) in [4.78, 5) is 2.69. The van der Waals surface area contributed by atoms with E-state index in [0.717, 1.165) is 12.5 Å². The number of nitrogens with zero attached hydrogens (tertiary/aromatic N) is 1. The van der Waals surface area contributed by atoms with E-state index in [2.05, 4.69) is 35.3 Å². The van der Waals surface area contributed by atoms with Gasteiger partial charge in [-0.05, 0) is 81.1 Å². The molecule has 1 saturated heterocycles. The highest BCUT2D eigenvalue weighted by Gasteiger charge is 2.42. The van der Waals surface area contributed by atoms with Crippen molar-refractivity contribution >= 4 is 0 Å². The highest BCUT2D eigenvalue weighted by molar-refractivity contribution is 5.35. The minimum absolute atomic E-state index is 0.354. The van der Waals surface area contributed by atoms with Crippen LogP contribution in [0.3, 0.4) is 0 Å². The van der Waals surface area contributed by atoms with Gasteiger partial charge in [-0.2, -0.15) is 0 Å². The zero-order chi connectivity index (χ0) is 14.3. The first kappa shape index (κ1) is 13.8. The molecule has 1 N–H and O–H groups in total. The summed E-state index contributed by atoms with van der Waals surface area (Å²) >= 11 is 0. The van der Waals surface area contributed by atoms with Crippen molar-refractivity contribution < 1.29 is 0 Å². The van der Waals surface area contributed by atoms with Crippen molar-refractivity contribution in [3.05, 3.63) is 34.9 Å². The standard InChI is InChI=1S/C19H28N2/c1-19(18-8-9-18)14-21(11-3-10-20-19)13-15-6-7-16-4-2-5-17(16)12-15/h6-7,12,18,20H,2-5,8-11,13-14H2,1H3. The van der Waals surface area contributed by atoms with Crippen LogP contribution in [0.25, 0.3) is 0 Å². The van der Waals surface area contributed by atoms with Crippen LogP contribution in [-0.4, -0.2) is 30.1 Å². The molecule has 2 nitrogen and oxygen atoms in total. The third-order valence-corrected chi connectivity index (χ3v) is 5.78. The molecule has 0 amide bonds. The van der Waals surface area contributed by atoms with Crippen LogP contribution >= 0.6 is 0 Å². The molecular weight excluding hydrogens is 256 g/mol. The summed E-state index contributed by atoms with van der Waals surface area (Å²) in [7, 11) is 0. The maximum absolute atomic E-state index is 3.84. The third kappa shape index (κ3) is 2.89. The Hall–Kier alpha value is -0.860. The van der Waals surface area contributed by atoms with Gasteiger partial charge in [-0.3, -0.25) is 4.90 Å². The van der Waals surface area contributed by atoms with Crippen LogP contribution in [0.4, 0.5) is 0 Å². The first-order valence-corrected chi connectivity index (χ1v) is 8.81. The van der Waals surface area contributed by atoms with Crippen LogP contribution in [0.1, 0.15) is 49.3 Å². The summed E-state index contributed by atoms with van der Waals surface area (Å²) in [5.74, 6) is 0.915. The minimum atomic E-state index is 0.354. The van der Waals surface area contributed by atoms with Crippen LogP contribution < -0.4 is 5.32 Å². The number of hydrogen-bond acceptors (Lipinski definition) is 2. The molecule has 21 heavy (non-hydrogen) atoms. The summed E-state index contributed by atoms with van der Waals surface area (Å²) in [6.07, 6.45) is 8.08. The van der Waals surface area contributed by atoms with E-state index in [1.165, 1.54) is 63.7 Å². The lowest BCUT2D eigenvalue weighted by molar-refractivity contribution is 0.195. The normalized spacial score (nSPS) is 30.1. The van der Waals surface area contributed by atoms with Gasteiger partial charge in [0.2, 0.25) is 0 Å². The number of nitrogens with one attached hydrogen (secondary N) is 1. The van der Waals surface area contributed by atoms with Gasteiger partial charge in [-0.1, -0.05) is 18.2 Å². The van der Waals surface area contributed by atoms with Crippen LogP contribution in [-0.2, 0) is 19.4 Å². The second kappa shape index (κ2) is 5.40. The van der Waals surface area contributed by atoms with Crippen LogP contribution in [0.15, 0.2) is 18.2 Å². The predicted octanol–water partition coefficient (Wildman–Crippen LogP) is 3.14. The Bertz CT molecular complexity index is 520. The van der Waals surface area contributed by atoms with E-state index in [4.69, 9.17) is 0 Å². The van der Waals surface area contributed by atoms with Crippen molar-refractivity contribution in [1.29, 1.82) is 0 Å². The van der Waals surface area contributed by atoms with Crippen molar-refractivity contribution in [1.82, 2.24) is 10.2 Å². The van der Waals surface area contributed by atoms with E-state index >= 15 is 0 Å². The van der Waals surface area contributed by atoms with Gasteiger partial charge in [0, 0.05) is 18.6 Å².